The van der Waals surface area contributed by atoms with E-state index in [2.05, 4.69) is 5.10 Å². The molecule has 1 heterocycles. The molecule has 0 aliphatic heterocycles. The maximum atomic E-state index is 12.0. The third-order valence-corrected chi connectivity index (χ3v) is 1.41. The molecule has 0 amide bonds. The number of hydrogen-bond acceptors (Lipinski definition) is 3. The highest BCUT2D eigenvalue weighted by Gasteiger charge is 2.23. The summed E-state index contributed by atoms with van der Waals surface area (Å²) in [5.74, 6) is -0.481. The third-order valence-electron chi connectivity index (χ3n) is 1.41. The van der Waals surface area contributed by atoms with E-state index in [1.807, 2.05) is 5.10 Å². The first-order valence-electron chi connectivity index (χ1n) is 3.01. The van der Waals surface area contributed by atoms with Gasteiger partial charge in [-0.05, 0) is 11.8 Å². The maximum absolute atomic E-state index is 12.0. The van der Waals surface area contributed by atoms with Crippen LogP contribution < -0.4 is 0 Å². The Morgan fingerprint density at radius 1 is 1.67 bits per heavy atom. The van der Waals surface area contributed by atoms with Gasteiger partial charge in [0, 0.05) is 0 Å². The molecule has 0 radical (unpaired) electrons. The second-order valence-corrected chi connectivity index (χ2v) is 2.14. The number of nitro groups is 1. The van der Waals surface area contributed by atoms with E-state index >= 15 is 0 Å². The molecule has 1 rings (SSSR count). The number of alkyl halides is 2. The molecule has 0 saturated heterocycles. The van der Waals surface area contributed by atoms with Crippen molar-refractivity contribution in [2.75, 3.05) is 0 Å². The lowest BCUT2D eigenvalue weighted by molar-refractivity contribution is -0.390. The first kappa shape index (κ1) is 8.57. The Morgan fingerprint density at radius 2 is 2.25 bits per heavy atom. The highest BCUT2D eigenvalue weighted by Crippen LogP contribution is 2.25. The topological polar surface area (TPSA) is 71.8 Å². The Bertz CT molecular complexity index is 310. The second kappa shape index (κ2) is 2.84. The third kappa shape index (κ3) is 1.25. The SMILES string of the molecule is Cc1c(C(F)F)n[nH]c1[N+](=O)[O-]. The maximum Gasteiger partial charge on any atom is 0.346 e. The zero-order chi connectivity index (χ0) is 9.30. The molecular formula is C5H5F2N3O2. The van der Waals surface area contributed by atoms with E-state index in [0.29, 0.717) is 0 Å². The molecule has 5 nitrogen and oxygen atoms in total. The van der Waals surface area contributed by atoms with Crippen molar-refractivity contribution in [1.29, 1.82) is 0 Å². The van der Waals surface area contributed by atoms with E-state index in [-0.39, 0.29) is 5.56 Å². The summed E-state index contributed by atoms with van der Waals surface area (Å²) < 4.78 is 24.0. The fraction of sp³-hybridized carbons (Fsp3) is 0.400. The van der Waals surface area contributed by atoms with E-state index in [1.165, 1.54) is 6.92 Å². The van der Waals surface area contributed by atoms with E-state index < -0.39 is 22.9 Å². The molecule has 0 aliphatic rings. The predicted octanol–water partition coefficient (Wildman–Crippen LogP) is 1.56. The summed E-state index contributed by atoms with van der Waals surface area (Å²) in [5.41, 5.74) is -0.684. The summed E-state index contributed by atoms with van der Waals surface area (Å²) in [4.78, 5) is 9.36. The van der Waals surface area contributed by atoms with Crippen molar-refractivity contribution >= 4 is 5.82 Å². The van der Waals surface area contributed by atoms with Crippen LogP contribution in [0.15, 0.2) is 0 Å². The van der Waals surface area contributed by atoms with Crippen LogP contribution in [0, 0.1) is 17.0 Å². The minimum absolute atomic E-state index is 0.116. The number of halogens is 2. The van der Waals surface area contributed by atoms with Gasteiger partial charge in [-0.3, -0.25) is 0 Å². The first-order chi connectivity index (χ1) is 5.54. The summed E-state index contributed by atoms with van der Waals surface area (Å²) in [6, 6.07) is 0. The zero-order valence-corrected chi connectivity index (χ0v) is 6.04. The molecular weight excluding hydrogens is 172 g/mol. The minimum atomic E-state index is -2.78. The highest BCUT2D eigenvalue weighted by atomic mass is 19.3. The molecule has 0 saturated carbocycles. The first-order valence-corrected chi connectivity index (χ1v) is 3.01. The van der Waals surface area contributed by atoms with Gasteiger partial charge in [0.15, 0.2) is 5.69 Å². The van der Waals surface area contributed by atoms with Gasteiger partial charge in [-0.15, -0.1) is 5.10 Å². The molecule has 0 aromatic carbocycles. The van der Waals surface area contributed by atoms with Crippen LogP contribution >= 0.6 is 0 Å². The number of aromatic amines is 1. The van der Waals surface area contributed by atoms with Gasteiger partial charge in [-0.1, -0.05) is 5.10 Å². The molecule has 0 aliphatic carbocycles. The van der Waals surface area contributed by atoms with Gasteiger partial charge in [0.2, 0.25) is 0 Å². The molecule has 1 aromatic heterocycles. The van der Waals surface area contributed by atoms with Crippen molar-refractivity contribution in [1.82, 2.24) is 10.2 Å². The van der Waals surface area contributed by atoms with E-state index in [0.717, 1.165) is 0 Å². The fourth-order valence-electron chi connectivity index (χ4n) is 0.792. The summed E-state index contributed by atoms with van der Waals surface area (Å²) in [7, 11) is 0. The van der Waals surface area contributed by atoms with Crippen LogP contribution in [0.4, 0.5) is 14.6 Å². The van der Waals surface area contributed by atoms with Crippen LogP contribution in [0.1, 0.15) is 17.7 Å². The number of nitrogens with zero attached hydrogens (tertiary/aromatic N) is 2. The number of H-pyrrole nitrogens is 1. The second-order valence-electron chi connectivity index (χ2n) is 2.14. The molecule has 0 atom stereocenters. The smallest absolute Gasteiger partial charge is 0.346 e. The van der Waals surface area contributed by atoms with E-state index in [9.17, 15) is 18.9 Å². The quantitative estimate of drug-likeness (QED) is 0.550. The lowest BCUT2D eigenvalue weighted by Crippen LogP contribution is -1.91. The van der Waals surface area contributed by atoms with Gasteiger partial charge in [0.25, 0.3) is 6.43 Å². The molecule has 0 unspecified atom stereocenters. The summed E-state index contributed by atoms with van der Waals surface area (Å²) in [6.45, 7) is 1.23. The predicted molar refractivity (Wildman–Crippen MR) is 34.9 cm³/mol. The van der Waals surface area contributed by atoms with Crippen molar-refractivity contribution in [3.05, 3.63) is 21.4 Å². The normalized spacial score (nSPS) is 10.7. The van der Waals surface area contributed by atoms with E-state index in [4.69, 9.17) is 0 Å². The van der Waals surface area contributed by atoms with Crippen molar-refractivity contribution in [2.45, 2.75) is 13.3 Å². The highest BCUT2D eigenvalue weighted by molar-refractivity contribution is 5.34. The number of nitrogens with one attached hydrogen (secondary N) is 1. The van der Waals surface area contributed by atoms with Crippen LogP contribution in [-0.4, -0.2) is 15.1 Å². The van der Waals surface area contributed by atoms with Crippen molar-refractivity contribution in [2.24, 2.45) is 0 Å². The van der Waals surface area contributed by atoms with Crippen molar-refractivity contribution in [3.8, 4) is 0 Å². The molecule has 7 heteroatoms. The number of aromatic nitrogens is 2. The standard InChI is InChI=1S/C5H5F2N3O2/c1-2-3(4(6)7)8-9-5(2)10(11)12/h4H,1H3,(H,8,9). The average Bonchev–Trinajstić information content (AvgIpc) is 2.30. The Morgan fingerprint density at radius 3 is 2.50 bits per heavy atom. The number of rotatable bonds is 2. The molecule has 0 spiro atoms. The van der Waals surface area contributed by atoms with E-state index in [1.54, 1.807) is 0 Å². The summed E-state index contributed by atoms with van der Waals surface area (Å²) >= 11 is 0. The Hall–Kier alpha value is -1.53. The monoisotopic (exact) mass is 177 g/mol. The molecule has 1 aromatic rings. The summed E-state index contributed by atoms with van der Waals surface area (Å²) in [5, 5.41) is 15.2. The Balaban J connectivity index is 3.13. The zero-order valence-electron chi connectivity index (χ0n) is 6.04. The Labute approximate surface area is 65.5 Å². The van der Waals surface area contributed by atoms with Crippen LogP contribution in [0.5, 0.6) is 0 Å². The number of hydrogen-bond donors (Lipinski definition) is 1. The van der Waals surface area contributed by atoms with Crippen LogP contribution in [0.25, 0.3) is 0 Å². The van der Waals surface area contributed by atoms with Gasteiger partial charge >= 0.3 is 5.82 Å². The lowest BCUT2D eigenvalue weighted by atomic mass is 10.2. The van der Waals surface area contributed by atoms with Crippen LogP contribution in [0.2, 0.25) is 0 Å². The Kier molecular flexibility index (Phi) is 2.03. The van der Waals surface area contributed by atoms with Gasteiger partial charge in [0.1, 0.15) is 0 Å². The largest absolute Gasteiger partial charge is 0.358 e. The fourth-order valence-corrected chi connectivity index (χ4v) is 0.792. The van der Waals surface area contributed by atoms with Gasteiger partial charge in [-0.2, -0.15) is 0 Å². The molecule has 1 N–H and O–H groups in total. The molecule has 0 fully saturated rings. The van der Waals surface area contributed by atoms with Gasteiger partial charge < -0.3 is 10.1 Å². The molecule has 66 valence electrons. The van der Waals surface area contributed by atoms with Crippen LogP contribution in [-0.2, 0) is 0 Å². The van der Waals surface area contributed by atoms with Crippen molar-refractivity contribution < 1.29 is 13.7 Å². The lowest BCUT2D eigenvalue weighted by Gasteiger charge is -1.92. The van der Waals surface area contributed by atoms with Crippen molar-refractivity contribution in [3.63, 3.8) is 0 Å². The molecule has 12 heavy (non-hydrogen) atoms. The molecule has 0 bridgehead atoms. The van der Waals surface area contributed by atoms with Gasteiger partial charge in [-0.25, -0.2) is 8.78 Å². The summed E-state index contributed by atoms with van der Waals surface area (Å²) in [6.07, 6.45) is -2.78. The minimum Gasteiger partial charge on any atom is -0.358 e. The average molecular weight is 177 g/mol. The van der Waals surface area contributed by atoms with Gasteiger partial charge in [0.05, 0.1) is 5.56 Å². The van der Waals surface area contributed by atoms with Crippen LogP contribution in [0.3, 0.4) is 0 Å².